The fourth-order valence-corrected chi connectivity index (χ4v) is 4.64. The topological polar surface area (TPSA) is 88.4 Å². The molecule has 0 saturated heterocycles. The van der Waals surface area contributed by atoms with E-state index in [-0.39, 0.29) is 11.8 Å². The fraction of sp³-hybridized carbons (Fsp3) is 0.100. The van der Waals surface area contributed by atoms with Crippen LogP contribution in [0.5, 0.6) is 0 Å². The summed E-state index contributed by atoms with van der Waals surface area (Å²) in [6.07, 6.45) is 4.86. The number of anilines is 1. The number of aromatic nitrogens is 3. The molecule has 152 valence electrons. The number of hydrogen-bond acceptors (Lipinski definition) is 6. The first-order valence-electron chi connectivity index (χ1n) is 8.90. The molecule has 7 nitrogen and oxygen atoms in total. The molecule has 0 spiro atoms. The largest absolute Gasteiger partial charge is 0.351 e. The second-order valence-electron chi connectivity index (χ2n) is 6.25. The van der Waals surface area contributed by atoms with E-state index in [1.54, 1.807) is 17.4 Å². The summed E-state index contributed by atoms with van der Waals surface area (Å²) >= 11 is 9.07. The molecular formula is C20H16ClN5O2S2. The van der Waals surface area contributed by atoms with Gasteiger partial charge in [0.05, 0.1) is 22.8 Å². The lowest BCUT2D eigenvalue weighted by molar-refractivity contribution is -0.119. The van der Waals surface area contributed by atoms with Gasteiger partial charge in [0.25, 0.3) is 0 Å². The number of rotatable bonds is 6. The lowest BCUT2D eigenvalue weighted by Crippen LogP contribution is -2.17. The second kappa shape index (κ2) is 8.78. The summed E-state index contributed by atoms with van der Waals surface area (Å²) in [4.78, 5) is 34.1. The third-order valence-electron chi connectivity index (χ3n) is 4.07. The quantitative estimate of drug-likeness (QED) is 0.418. The van der Waals surface area contributed by atoms with Crippen LogP contribution in [0.25, 0.3) is 22.3 Å². The molecule has 0 atom stereocenters. The van der Waals surface area contributed by atoms with E-state index in [1.807, 2.05) is 46.3 Å². The number of carbonyl (C=O) groups is 2. The van der Waals surface area contributed by atoms with Crippen LogP contribution in [0.3, 0.4) is 0 Å². The number of nitrogens with zero attached hydrogens (tertiary/aromatic N) is 3. The molecule has 0 radical (unpaired) electrons. The van der Waals surface area contributed by atoms with Gasteiger partial charge in [-0.2, -0.15) is 0 Å². The molecule has 0 aromatic carbocycles. The number of imidazole rings is 1. The molecule has 0 unspecified atom stereocenters. The number of thiophene rings is 1. The monoisotopic (exact) mass is 457 g/mol. The van der Waals surface area contributed by atoms with Gasteiger partial charge in [0.2, 0.25) is 11.8 Å². The molecule has 2 amide bonds. The van der Waals surface area contributed by atoms with Gasteiger partial charge in [0, 0.05) is 29.5 Å². The van der Waals surface area contributed by atoms with Gasteiger partial charge >= 0.3 is 0 Å². The Morgan fingerprint density at radius 2 is 2.10 bits per heavy atom. The van der Waals surface area contributed by atoms with Crippen LogP contribution in [0, 0.1) is 0 Å². The molecule has 10 heteroatoms. The first-order chi connectivity index (χ1) is 14.5. The van der Waals surface area contributed by atoms with Crippen molar-refractivity contribution in [2.45, 2.75) is 13.5 Å². The Morgan fingerprint density at radius 3 is 2.93 bits per heavy atom. The highest BCUT2D eigenvalue weighted by molar-refractivity contribution is 7.17. The number of nitrogens with one attached hydrogen (secondary N) is 2. The van der Waals surface area contributed by atoms with E-state index in [9.17, 15) is 9.59 Å². The van der Waals surface area contributed by atoms with Crippen LogP contribution in [0.4, 0.5) is 5.13 Å². The molecular weight excluding hydrogens is 442 g/mol. The number of fused-ring (bicyclic) bond motifs is 1. The normalized spacial score (nSPS) is 11.3. The zero-order valence-electron chi connectivity index (χ0n) is 15.8. The standard InChI is InChI=1S/C20H16ClN5O2S2/c1-12(27)22-10-13-5-7-16(30-13)14-11-29-20(23-14)25-18(28)8-6-15-19(21)24-17-4-2-3-9-26(15)17/h2-9,11H,10H2,1H3,(H,22,27)(H,23,25,28)/b8-6+. The predicted molar refractivity (Wildman–Crippen MR) is 121 cm³/mol. The molecule has 4 aromatic rings. The molecule has 4 aromatic heterocycles. The van der Waals surface area contributed by atoms with Gasteiger partial charge < -0.3 is 5.32 Å². The Morgan fingerprint density at radius 1 is 1.23 bits per heavy atom. The van der Waals surface area contributed by atoms with Crippen molar-refractivity contribution in [2.24, 2.45) is 0 Å². The Balaban J connectivity index is 1.42. The molecule has 0 saturated carbocycles. The molecule has 4 heterocycles. The van der Waals surface area contributed by atoms with Crippen molar-refractivity contribution in [3.05, 3.63) is 63.7 Å². The maximum absolute atomic E-state index is 12.3. The van der Waals surface area contributed by atoms with E-state index < -0.39 is 0 Å². The van der Waals surface area contributed by atoms with Crippen molar-refractivity contribution in [2.75, 3.05) is 5.32 Å². The molecule has 0 aliphatic rings. The van der Waals surface area contributed by atoms with Crippen molar-refractivity contribution in [1.29, 1.82) is 0 Å². The van der Waals surface area contributed by atoms with Gasteiger partial charge in [-0.15, -0.1) is 22.7 Å². The SMILES string of the molecule is CC(=O)NCc1ccc(-c2csc(NC(=O)/C=C/c3c(Cl)nc4ccccn34)n2)s1. The smallest absolute Gasteiger partial charge is 0.250 e. The predicted octanol–water partition coefficient (Wildman–Crippen LogP) is 4.46. The van der Waals surface area contributed by atoms with Gasteiger partial charge in [0.1, 0.15) is 5.65 Å². The van der Waals surface area contributed by atoms with E-state index >= 15 is 0 Å². The maximum atomic E-state index is 12.3. The molecule has 0 bridgehead atoms. The van der Waals surface area contributed by atoms with Gasteiger partial charge in [0.15, 0.2) is 10.3 Å². The third-order valence-corrected chi connectivity index (χ3v) is 6.22. The summed E-state index contributed by atoms with van der Waals surface area (Å²) in [6, 6.07) is 9.48. The number of amides is 2. The highest BCUT2D eigenvalue weighted by Crippen LogP contribution is 2.30. The number of halogens is 1. The summed E-state index contributed by atoms with van der Waals surface area (Å²) in [5, 5.41) is 8.25. The summed E-state index contributed by atoms with van der Waals surface area (Å²) in [5.41, 5.74) is 2.12. The highest BCUT2D eigenvalue weighted by atomic mass is 35.5. The Labute approximate surface area is 185 Å². The summed E-state index contributed by atoms with van der Waals surface area (Å²) < 4.78 is 1.81. The molecule has 0 fully saturated rings. The first kappa shape index (κ1) is 20.3. The number of hydrogen-bond donors (Lipinski definition) is 2. The highest BCUT2D eigenvalue weighted by Gasteiger charge is 2.11. The first-order valence-corrected chi connectivity index (χ1v) is 11.0. The minimum absolute atomic E-state index is 0.0677. The van der Waals surface area contributed by atoms with Gasteiger partial charge in [-0.25, -0.2) is 9.97 Å². The fourth-order valence-electron chi connectivity index (χ4n) is 2.70. The number of pyridine rings is 1. The Bertz CT molecular complexity index is 1260. The second-order valence-corrected chi connectivity index (χ2v) is 8.64. The van der Waals surface area contributed by atoms with E-state index in [1.165, 1.54) is 24.3 Å². The van der Waals surface area contributed by atoms with Gasteiger partial charge in [-0.05, 0) is 30.3 Å². The van der Waals surface area contributed by atoms with E-state index in [2.05, 4.69) is 20.6 Å². The average molecular weight is 458 g/mol. The van der Waals surface area contributed by atoms with Gasteiger partial charge in [-0.1, -0.05) is 17.7 Å². The van der Waals surface area contributed by atoms with Crippen LogP contribution in [0.1, 0.15) is 17.5 Å². The van der Waals surface area contributed by atoms with Crippen molar-refractivity contribution >= 4 is 62.9 Å². The van der Waals surface area contributed by atoms with Crippen molar-refractivity contribution < 1.29 is 9.59 Å². The third kappa shape index (κ3) is 4.59. The zero-order chi connectivity index (χ0) is 21.1. The molecule has 2 N–H and O–H groups in total. The minimum atomic E-state index is -0.310. The molecule has 4 rings (SSSR count). The van der Waals surface area contributed by atoms with Crippen LogP contribution >= 0.6 is 34.3 Å². The van der Waals surface area contributed by atoms with E-state index in [0.717, 1.165) is 15.4 Å². The Kier molecular flexibility index (Phi) is 5.93. The van der Waals surface area contributed by atoms with Crippen molar-refractivity contribution in [1.82, 2.24) is 19.7 Å². The summed E-state index contributed by atoms with van der Waals surface area (Å²) in [5.74, 6) is -0.378. The van der Waals surface area contributed by atoms with E-state index in [4.69, 9.17) is 11.6 Å². The van der Waals surface area contributed by atoms with E-state index in [0.29, 0.717) is 28.2 Å². The molecule has 0 aliphatic heterocycles. The Hall–Kier alpha value is -3.01. The minimum Gasteiger partial charge on any atom is -0.351 e. The number of thiazole rings is 1. The summed E-state index contributed by atoms with van der Waals surface area (Å²) in [6.45, 7) is 1.98. The lowest BCUT2D eigenvalue weighted by Gasteiger charge is -1.98. The van der Waals surface area contributed by atoms with Crippen LogP contribution in [-0.2, 0) is 16.1 Å². The molecule has 30 heavy (non-hydrogen) atoms. The van der Waals surface area contributed by atoms with Crippen LogP contribution in [0.2, 0.25) is 5.15 Å². The average Bonchev–Trinajstić information content (AvgIpc) is 3.43. The van der Waals surface area contributed by atoms with Gasteiger partial charge in [-0.3, -0.25) is 19.3 Å². The maximum Gasteiger partial charge on any atom is 0.250 e. The number of carbonyl (C=O) groups excluding carboxylic acids is 2. The molecule has 0 aliphatic carbocycles. The van der Waals surface area contributed by atoms with Crippen molar-refractivity contribution in [3.63, 3.8) is 0 Å². The lowest BCUT2D eigenvalue weighted by atomic mass is 10.3. The van der Waals surface area contributed by atoms with Crippen LogP contribution in [0.15, 0.2) is 48.0 Å². The van der Waals surface area contributed by atoms with Crippen LogP contribution in [-0.4, -0.2) is 26.2 Å². The zero-order valence-corrected chi connectivity index (χ0v) is 18.1. The summed E-state index contributed by atoms with van der Waals surface area (Å²) in [7, 11) is 0. The van der Waals surface area contributed by atoms with Crippen LogP contribution < -0.4 is 10.6 Å². The van der Waals surface area contributed by atoms with Crippen molar-refractivity contribution in [3.8, 4) is 10.6 Å².